The Hall–Kier alpha value is -3.84. The zero-order valence-electron chi connectivity index (χ0n) is 24.0. The number of benzene rings is 3. The third-order valence-electron chi connectivity index (χ3n) is 6.94. The van der Waals surface area contributed by atoms with Crippen molar-refractivity contribution in [3.8, 4) is 5.75 Å². The van der Waals surface area contributed by atoms with Gasteiger partial charge in [0.2, 0.25) is 15.9 Å². The van der Waals surface area contributed by atoms with Crippen LogP contribution in [0.15, 0.2) is 83.8 Å². The lowest BCUT2D eigenvalue weighted by Crippen LogP contribution is -2.52. The lowest BCUT2D eigenvalue weighted by molar-refractivity contribution is -0.142. The minimum absolute atomic E-state index is 0.0361. The molecule has 0 saturated carbocycles. The Morgan fingerprint density at radius 3 is 2.30 bits per heavy atom. The fraction of sp³-hybridized carbons (Fsp3) is 0.355. The number of sulfonamides is 1. The van der Waals surface area contributed by atoms with Gasteiger partial charge in [-0.15, -0.1) is 0 Å². The van der Waals surface area contributed by atoms with Crippen LogP contribution in [0.2, 0.25) is 0 Å². The molecule has 1 aliphatic rings. The minimum atomic E-state index is -3.68. The molecule has 1 atom stereocenters. The molecule has 0 aliphatic carbocycles. The zero-order valence-corrected chi connectivity index (χ0v) is 24.8. The molecule has 1 heterocycles. The summed E-state index contributed by atoms with van der Waals surface area (Å²) in [5.41, 5.74) is 1.49. The first-order chi connectivity index (χ1) is 20.8. The standard InChI is InChI=1S/C31H36FN3O7S/c1-40-18-15-33-31(37)29(21-24-5-3-2-4-6-24)35(22-25-7-9-26(32)10-8-25)30(36)23-42-27-11-13-28(14-12-27)43(38,39)34-16-19-41-20-17-34/h2-14,29H,15-23H2,1H3,(H,33,37). The summed E-state index contributed by atoms with van der Waals surface area (Å²) in [6.45, 7) is 1.43. The normalized spacial score (nSPS) is 14.6. The Bertz CT molecular complexity index is 1430. The summed E-state index contributed by atoms with van der Waals surface area (Å²) < 4.78 is 56.9. The first-order valence-electron chi connectivity index (χ1n) is 13.9. The van der Waals surface area contributed by atoms with Gasteiger partial charge in [0.25, 0.3) is 5.91 Å². The van der Waals surface area contributed by atoms with E-state index in [1.54, 1.807) is 12.1 Å². The highest BCUT2D eigenvalue weighted by Gasteiger charge is 2.31. The van der Waals surface area contributed by atoms with E-state index in [1.807, 2.05) is 30.3 Å². The molecule has 0 bridgehead atoms. The Balaban J connectivity index is 1.53. The molecule has 2 amide bonds. The number of carbonyl (C=O) groups is 2. The summed E-state index contributed by atoms with van der Waals surface area (Å²) in [5, 5.41) is 2.83. The van der Waals surface area contributed by atoms with Crippen LogP contribution in [0.5, 0.6) is 5.75 Å². The van der Waals surface area contributed by atoms with Gasteiger partial charge in [-0.1, -0.05) is 42.5 Å². The number of halogens is 1. The van der Waals surface area contributed by atoms with Crippen molar-refractivity contribution >= 4 is 21.8 Å². The maximum absolute atomic E-state index is 13.7. The molecule has 1 saturated heterocycles. The van der Waals surface area contributed by atoms with Gasteiger partial charge in [-0.25, -0.2) is 12.8 Å². The van der Waals surface area contributed by atoms with Gasteiger partial charge in [-0.2, -0.15) is 4.31 Å². The number of hydrogen-bond acceptors (Lipinski definition) is 7. The van der Waals surface area contributed by atoms with Crippen LogP contribution in [0.4, 0.5) is 4.39 Å². The lowest BCUT2D eigenvalue weighted by Gasteiger charge is -2.31. The van der Waals surface area contributed by atoms with Crippen LogP contribution in [0.3, 0.4) is 0 Å². The van der Waals surface area contributed by atoms with Crippen molar-refractivity contribution in [2.24, 2.45) is 0 Å². The second-order valence-corrected chi connectivity index (χ2v) is 11.9. The summed E-state index contributed by atoms with van der Waals surface area (Å²) in [6, 6.07) is 20.0. The highest BCUT2D eigenvalue weighted by atomic mass is 32.2. The molecule has 0 radical (unpaired) electrons. The number of nitrogens with zero attached hydrogens (tertiary/aromatic N) is 2. The second kappa shape index (κ2) is 15.6. The number of rotatable bonds is 14. The second-order valence-electron chi connectivity index (χ2n) is 9.91. The van der Waals surface area contributed by atoms with Crippen LogP contribution in [0, 0.1) is 5.82 Å². The molecule has 0 spiro atoms. The van der Waals surface area contributed by atoms with Crippen LogP contribution >= 0.6 is 0 Å². The van der Waals surface area contributed by atoms with E-state index in [2.05, 4.69) is 5.32 Å². The highest BCUT2D eigenvalue weighted by Crippen LogP contribution is 2.21. The summed E-state index contributed by atoms with van der Waals surface area (Å²) in [7, 11) is -2.15. The van der Waals surface area contributed by atoms with Gasteiger partial charge >= 0.3 is 0 Å². The SMILES string of the molecule is COCCNC(=O)C(Cc1ccccc1)N(Cc1ccc(F)cc1)C(=O)COc1ccc(S(=O)(=O)N2CCOCC2)cc1. The number of carbonyl (C=O) groups excluding carboxylic acids is 2. The van der Waals surface area contributed by atoms with Crippen molar-refractivity contribution in [1.29, 1.82) is 0 Å². The van der Waals surface area contributed by atoms with Gasteiger partial charge in [0.05, 0.1) is 24.7 Å². The number of amides is 2. The molecule has 1 fully saturated rings. The first-order valence-corrected chi connectivity index (χ1v) is 15.4. The summed E-state index contributed by atoms with van der Waals surface area (Å²) >= 11 is 0. The third kappa shape index (κ3) is 9.07. The van der Waals surface area contributed by atoms with E-state index in [-0.39, 0.29) is 43.4 Å². The molecule has 43 heavy (non-hydrogen) atoms. The number of morpholine rings is 1. The minimum Gasteiger partial charge on any atom is -0.484 e. The van der Waals surface area contributed by atoms with Gasteiger partial charge < -0.3 is 24.4 Å². The molecule has 4 rings (SSSR count). The van der Waals surface area contributed by atoms with E-state index in [0.717, 1.165) is 5.56 Å². The smallest absolute Gasteiger partial charge is 0.261 e. The molecule has 12 heteroatoms. The quantitative estimate of drug-likeness (QED) is 0.278. The molecule has 3 aromatic rings. The monoisotopic (exact) mass is 613 g/mol. The Labute approximate surface area is 251 Å². The van der Waals surface area contributed by atoms with Crippen LogP contribution in [-0.4, -0.2) is 88.7 Å². The summed E-state index contributed by atoms with van der Waals surface area (Å²) in [5.74, 6) is -0.964. The Morgan fingerprint density at radius 2 is 1.65 bits per heavy atom. The fourth-order valence-corrected chi connectivity index (χ4v) is 6.01. The van der Waals surface area contributed by atoms with Crippen molar-refractivity contribution in [2.45, 2.75) is 23.9 Å². The number of nitrogens with one attached hydrogen (secondary N) is 1. The number of hydrogen-bond donors (Lipinski definition) is 1. The average Bonchev–Trinajstić information content (AvgIpc) is 3.03. The van der Waals surface area contributed by atoms with E-state index in [1.165, 1.54) is 52.7 Å². The molecular weight excluding hydrogens is 577 g/mol. The van der Waals surface area contributed by atoms with Crippen LogP contribution in [0.1, 0.15) is 11.1 Å². The van der Waals surface area contributed by atoms with E-state index >= 15 is 0 Å². The predicted octanol–water partition coefficient (Wildman–Crippen LogP) is 2.63. The van der Waals surface area contributed by atoms with Crippen LogP contribution in [0.25, 0.3) is 0 Å². The topological polar surface area (TPSA) is 114 Å². The number of ether oxygens (including phenoxy) is 3. The van der Waals surface area contributed by atoms with Crippen molar-refractivity contribution in [1.82, 2.24) is 14.5 Å². The van der Waals surface area contributed by atoms with Crippen LogP contribution < -0.4 is 10.1 Å². The van der Waals surface area contributed by atoms with Crippen molar-refractivity contribution in [3.63, 3.8) is 0 Å². The van der Waals surface area contributed by atoms with Crippen molar-refractivity contribution in [2.75, 3.05) is 53.2 Å². The molecule has 0 aromatic heterocycles. The van der Waals surface area contributed by atoms with E-state index in [9.17, 15) is 22.4 Å². The Kier molecular flexibility index (Phi) is 11.6. The fourth-order valence-electron chi connectivity index (χ4n) is 4.61. The third-order valence-corrected chi connectivity index (χ3v) is 8.85. The van der Waals surface area contributed by atoms with Gasteiger partial charge in [0, 0.05) is 39.7 Å². The van der Waals surface area contributed by atoms with E-state index < -0.39 is 34.4 Å². The predicted molar refractivity (Wildman–Crippen MR) is 157 cm³/mol. The molecule has 1 aliphatic heterocycles. The zero-order chi connectivity index (χ0) is 30.7. The molecular formula is C31H36FN3O7S. The summed E-state index contributed by atoms with van der Waals surface area (Å²) in [4.78, 5) is 28.6. The molecule has 1 N–H and O–H groups in total. The summed E-state index contributed by atoms with van der Waals surface area (Å²) in [6.07, 6.45) is 0.237. The maximum atomic E-state index is 13.7. The van der Waals surface area contributed by atoms with Gasteiger partial charge in [-0.3, -0.25) is 9.59 Å². The first kappa shape index (κ1) is 32.1. The molecule has 230 valence electrons. The highest BCUT2D eigenvalue weighted by molar-refractivity contribution is 7.89. The average molecular weight is 614 g/mol. The van der Waals surface area contributed by atoms with E-state index in [0.29, 0.717) is 31.1 Å². The van der Waals surface area contributed by atoms with Crippen molar-refractivity contribution < 1.29 is 36.6 Å². The van der Waals surface area contributed by atoms with Crippen LogP contribution in [-0.2, 0) is 42.1 Å². The molecule has 1 unspecified atom stereocenters. The molecule has 3 aromatic carbocycles. The van der Waals surface area contributed by atoms with Gasteiger partial charge in [0.1, 0.15) is 17.6 Å². The lowest BCUT2D eigenvalue weighted by atomic mass is 10.0. The maximum Gasteiger partial charge on any atom is 0.261 e. The molecule has 10 nitrogen and oxygen atoms in total. The van der Waals surface area contributed by atoms with E-state index in [4.69, 9.17) is 14.2 Å². The number of methoxy groups -OCH3 is 1. The van der Waals surface area contributed by atoms with Gasteiger partial charge in [0.15, 0.2) is 6.61 Å². The van der Waals surface area contributed by atoms with Crippen molar-refractivity contribution in [3.05, 3.63) is 95.8 Å². The van der Waals surface area contributed by atoms with Gasteiger partial charge in [-0.05, 0) is 47.5 Å². The Morgan fingerprint density at radius 1 is 0.977 bits per heavy atom. The largest absolute Gasteiger partial charge is 0.484 e.